The van der Waals surface area contributed by atoms with Crippen LogP contribution in [0.3, 0.4) is 0 Å². The largest absolute Gasteiger partial charge is 0.493 e. The Bertz CT molecular complexity index is 916. The number of halogens is 2. The highest BCUT2D eigenvalue weighted by Gasteiger charge is 2.22. The van der Waals surface area contributed by atoms with Crippen LogP contribution >= 0.6 is 0 Å². The number of aryl methyl sites for hydroxylation is 1. The number of nitrogens with one attached hydrogen (secondary N) is 1. The van der Waals surface area contributed by atoms with E-state index in [1.54, 1.807) is 0 Å². The maximum atomic E-state index is 14.5. The highest BCUT2D eigenvalue weighted by atomic mass is 19.1. The van der Waals surface area contributed by atoms with Gasteiger partial charge < -0.3 is 15.0 Å². The molecule has 7 heteroatoms. The van der Waals surface area contributed by atoms with E-state index in [0.717, 1.165) is 56.7 Å². The summed E-state index contributed by atoms with van der Waals surface area (Å²) in [5, 5.41) is 3.06. The number of ether oxygens (including phenoxy) is 1. The van der Waals surface area contributed by atoms with Crippen molar-refractivity contribution in [2.24, 2.45) is 11.8 Å². The minimum Gasteiger partial charge on any atom is -0.493 e. The summed E-state index contributed by atoms with van der Waals surface area (Å²) in [7, 11) is 0. The molecule has 0 radical (unpaired) electrons. The molecule has 172 valence electrons. The van der Waals surface area contributed by atoms with Gasteiger partial charge in [-0.25, -0.2) is 18.7 Å². The van der Waals surface area contributed by atoms with Crippen LogP contribution in [-0.4, -0.2) is 36.2 Å². The van der Waals surface area contributed by atoms with Gasteiger partial charge in [-0.2, -0.15) is 0 Å². The molecular weight excluding hydrogens is 410 g/mol. The first kappa shape index (κ1) is 22.5. The predicted molar refractivity (Wildman–Crippen MR) is 123 cm³/mol. The number of hydrogen-bond acceptors (Lipinski definition) is 5. The lowest BCUT2D eigenvalue weighted by atomic mass is 9.92. The number of anilines is 1. The molecule has 5 nitrogen and oxygen atoms in total. The van der Waals surface area contributed by atoms with E-state index in [1.807, 2.05) is 25.4 Å². The maximum Gasteiger partial charge on any atom is 0.225 e. The van der Waals surface area contributed by atoms with E-state index in [9.17, 15) is 8.78 Å². The highest BCUT2D eigenvalue weighted by molar-refractivity contribution is 5.67. The number of hydrogen-bond donors (Lipinski definition) is 1. The molecule has 1 N–H and O–H groups in total. The first-order valence-electron chi connectivity index (χ1n) is 11.7. The van der Waals surface area contributed by atoms with Gasteiger partial charge in [0.2, 0.25) is 5.95 Å². The average Bonchev–Trinajstić information content (AvgIpc) is 3.22. The fourth-order valence-electron chi connectivity index (χ4n) is 4.41. The van der Waals surface area contributed by atoms with Crippen LogP contribution in [0.5, 0.6) is 5.75 Å². The first-order valence-corrected chi connectivity index (χ1v) is 11.7. The van der Waals surface area contributed by atoms with Gasteiger partial charge in [0.1, 0.15) is 17.4 Å². The minimum absolute atomic E-state index is 0.00164. The van der Waals surface area contributed by atoms with Crippen molar-refractivity contribution in [3.63, 3.8) is 0 Å². The summed E-state index contributed by atoms with van der Waals surface area (Å²) in [5.41, 5.74) is 1.68. The van der Waals surface area contributed by atoms with Gasteiger partial charge in [0, 0.05) is 49.9 Å². The van der Waals surface area contributed by atoms with Crippen LogP contribution in [0.25, 0.3) is 5.70 Å². The summed E-state index contributed by atoms with van der Waals surface area (Å²) in [6.07, 6.45) is 10.7. The van der Waals surface area contributed by atoms with Crippen molar-refractivity contribution >= 4 is 11.6 Å². The topological polar surface area (TPSA) is 50.3 Å². The first-order chi connectivity index (χ1) is 15.5. The Morgan fingerprint density at radius 1 is 1.12 bits per heavy atom. The zero-order valence-corrected chi connectivity index (χ0v) is 18.9. The van der Waals surface area contributed by atoms with Crippen molar-refractivity contribution in [3.8, 4) is 5.75 Å². The van der Waals surface area contributed by atoms with Gasteiger partial charge in [0.15, 0.2) is 0 Å². The Morgan fingerprint density at radius 2 is 1.81 bits per heavy atom. The van der Waals surface area contributed by atoms with Crippen molar-refractivity contribution in [3.05, 3.63) is 53.4 Å². The second-order valence-electron chi connectivity index (χ2n) is 8.87. The summed E-state index contributed by atoms with van der Waals surface area (Å²) in [6, 6.07) is 2.57. The molecule has 1 aromatic heterocycles. The molecule has 1 aromatic carbocycles. The maximum absolute atomic E-state index is 14.5. The van der Waals surface area contributed by atoms with Gasteiger partial charge in [0.25, 0.3) is 0 Å². The minimum atomic E-state index is -0.589. The third-order valence-electron chi connectivity index (χ3n) is 6.37. The van der Waals surface area contributed by atoms with E-state index in [4.69, 9.17) is 4.74 Å². The van der Waals surface area contributed by atoms with E-state index in [-0.39, 0.29) is 17.2 Å². The lowest BCUT2D eigenvalue weighted by Crippen LogP contribution is -2.35. The standard InChI is InChI=1S/C25H32F2N4O/c1-3-18-15-29-25(30-16-18)31-8-6-19(7-9-31)5-4-10-32-20-12-21(26)24(22(27)13-20)23-11-17(2)14-28-23/h11-13,15-17,19,28H,3-10,14H2,1-2H3/t17-/m0/s1. The number of aromatic nitrogens is 2. The summed E-state index contributed by atoms with van der Waals surface area (Å²) < 4.78 is 34.6. The third kappa shape index (κ3) is 5.37. The molecule has 2 aliphatic heterocycles. The van der Waals surface area contributed by atoms with E-state index < -0.39 is 11.6 Å². The van der Waals surface area contributed by atoms with Crippen LogP contribution < -0.4 is 15.0 Å². The van der Waals surface area contributed by atoms with Crippen LogP contribution in [-0.2, 0) is 6.42 Å². The number of nitrogens with zero attached hydrogens (tertiary/aromatic N) is 3. The van der Waals surface area contributed by atoms with Gasteiger partial charge in [-0.1, -0.05) is 19.9 Å². The molecule has 1 atom stereocenters. The number of piperidine rings is 1. The molecule has 0 saturated carbocycles. The number of rotatable bonds is 8. The quantitative estimate of drug-likeness (QED) is 0.585. The van der Waals surface area contributed by atoms with Gasteiger partial charge in [-0.3, -0.25) is 0 Å². The Labute approximate surface area is 188 Å². The Balaban J connectivity index is 1.21. The SMILES string of the molecule is CCc1cnc(N2CCC(CCCOc3cc(F)c(C4=C[C@H](C)CN4)c(F)c3)CC2)nc1. The molecule has 32 heavy (non-hydrogen) atoms. The molecule has 1 saturated heterocycles. The summed E-state index contributed by atoms with van der Waals surface area (Å²) >= 11 is 0. The summed E-state index contributed by atoms with van der Waals surface area (Å²) in [6.45, 7) is 7.17. The van der Waals surface area contributed by atoms with Gasteiger partial charge in [-0.05, 0) is 49.5 Å². The molecule has 0 amide bonds. The second kappa shape index (κ2) is 10.3. The molecule has 1 fully saturated rings. The second-order valence-corrected chi connectivity index (χ2v) is 8.87. The highest BCUT2D eigenvalue weighted by Crippen LogP contribution is 2.29. The average molecular weight is 443 g/mol. The van der Waals surface area contributed by atoms with Crippen LogP contribution in [0.4, 0.5) is 14.7 Å². The van der Waals surface area contributed by atoms with Gasteiger partial charge in [0.05, 0.1) is 12.2 Å². The third-order valence-corrected chi connectivity index (χ3v) is 6.37. The van der Waals surface area contributed by atoms with Crippen LogP contribution in [0.1, 0.15) is 50.7 Å². The van der Waals surface area contributed by atoms with E-state index in [2.05, 4.69) is 27.1 Å². The number of benzene rings is 1. The molecule has 0 unspecified atom stereocenters. The molecule has 2 aromatic rings. The Kier molecular flexibility index (Phi) is 7.22. The Hall–Kier alpha value is -2.70. The van der Waals surface area contributed by atoms with E-state index in [0.29, 0.717) is 24.8 Å². The van der Waals surface area contributed by atoms with Crippen LogP contribution in [0, 0.1) is 23.5 Å². The molecular formula is C25H32F2N4O. The van der Waals surface area contributed by atoms with Crippen molar-refractivity contribution in [1.82, 2.24) is 15.3 Å². The van der Waals surface area contributed by atoms with Crippen LogP contribution in [0.15, 0.2) is 30.6 Å². The van der Waals surface area contributed by atoms with Gasteiger partial charge in [-0.15, -0.1) is 0 Å². The smallest absolute Gasteiger partial charge is 0.225 e. The molecule has 0 spiro atoms. The lowest BCUT2D eigenvalue weighted by molar-refractivity contribution is 0.277. The lowest BCUT2D eigenvalue weighted by Gasteiger charge is -2.32. The van der Waals surface area contributed by atoms with Crippen LogP contribution in [0.2, 0.25) is 0 Å². The molecule has 3 heterocycles. The Morgan fingerprint density at radius 3 is 2.41 bits per heavy atom. The van der Waals surface area contributed by atoms with E-state index >= 15 is 0 Å². The van der Waals surface area contributed by atoms with Crippen molar-refractivity contribution in [2.45, 2.75) is 46.0 Å². The summed E-state index contributed by atoms with van der Waals surface area (Å²) in [5.74, 6) is 0.778. The zero-order chi connectivity index (χ0) is 22.5. The van der Waals surface area contributed by atoms with E-state index in [1.165, 1.54) is 12.1 Å². The molecule has 0 bridgehead atoms. The van der Waals surface area contributed by atoms with Crippen molar-refractivity contribution in [1.29, 1.82) is 0 Å². The van der Waals surface area contributed by atoms with Gasteiger partial charge >= 0.3 is 0 Å². The molecule has 2 aliphatic rings. The zero-order valence-electron chi connectivity index (χ0n) is 18.9. The van der Waals surface area contributed by atoms with Crippen molar-refractivity contribution in [2.75, 3.05) is 31.1 Å². The fraction of sp³-hybridized carbons (Fsp3) is 0.520. The summed E-state index contributed by atoms with van der Waals surface area (Å²) in [4.78, 5) is 11.2. The molecule has 0 aliphatic carbocycles. The van der Waals surface area contributed by atoms with Crippen molar-refractivity contribution < 1.29 is 13.5 Å². The fourth-order valence-corrected chi connectivity index (χ4v) is 4.41. The predicted octanol–water partition coefficient (Wildman–Crippen LogP) is 4.97. The molecule has 4 rings (SSSR count). The monoisotopic (exact) mass is 442 g/mol. The normalized spacial score (nSPS) is 19.1.